The Hall–Kier alpha value is -2.69. The lowest BCUT2D eigenvalue weighted by molar-refractivity contribution is 0.421. The van der Waals surface area contributed by atoms with Crippen LogP contribution in [0.2, 0.25) is 0 Å². The summed E-state index contributed by atoms with van der Waals surface area (Å²) in [7, 11) is 0. The molecule has 178 valence electrons. The highest BCUT2D eigenvalue weighted by Gasteiger charge is 2.12. The van der Waals surface area contributed by atoms with E-state index in [2.05, 4.69) is 34.6 Å². The maximum atomic E-state index is 6.13. The van der Waals surface area contributed by atoms with Crippen LogP contribution in [0.3, 0.4) is 0 Å². The molecule has 0 saturated carbocycles. The van der Waals surface area contributed by atoms with Gasteiger partial charge in [-0.1, -0.05) is 125 Å². The molecule has 5 heteroatoms. The molecular formula is C28H40N4O. The molecule has 1 aromatic heterocycles. The van der Waals surface area contributed by atoms with E-state index in [9.17, 15) is 0 Å². The van der Waals surface area contributed by atoms with E-state index in [1.165, 1.54) is 89.0 Å². The first kappa shape index (κ1) is 24.9. The van der Waals surface area contributed by atoms with Crippen molar-refractivity contribution in [1.82, 2.24) is 20.2 Å². The molecule has 3 rings (SSSR count). The van der Waals surface area contributed by atoms with Gasteiger partial charge in [0.15, 0.2) is 0 Å². The average Bonchev–Trinajstić information content (AvgIpc) is 3.32. The summed E-state index contributed by atoms with van der Waals surface area (Å²) in [5.41, 5.74) is 2.09. The molecule has 0 spiro atoms. The molecule has 0 aliphatic rings. The number of rotatable bonds is 17. The molecule has 0 radical (unpaired) electrons. The van der Waals surface area contributed by atoms with E-state index < -0.39 is 0 Å². The highest BCUT2D eigenvalue weighted by Crippen LogP contribution is 2.26. The minimum absolute atomic E-state index is 0.388. The van der Waals surface area contributed by atoms with Gasteiger partial charge in [0.1, 0.15) is 5.75 Å². The van der Waals surface area contributed by atoms with E-state index in [0.717, 1.165) is 17.9 Å². The fourth-order valence-corrected chi connectivity index (χ4v) is 4.22. The van der Waals surface area contributed by atoms with Gasteiger partial charge in [-0.05, 0) is 47.0 Å². The van der Waals surface area contributed by atoms with E-state index in [-0.39, 0.29) is 0 Å². The zero-order chi connectivity index (χ0) is 23.0. The second-order valence-corrected chi connectivity index (χ2v) is 8.91. The van der Waals surface area contributed by atoms with E-state index in [1.54, 1.807) is 4.68 Å². The number of aryl methyl sites for hydroxylation is 1. The molecule has 0 aliphatic heterocycles. The van der Waals surface area contributed by atoms with Gasteiger partial charge < -0.3 is 4.74 Å². The zero-order valence-electron chi connectivity index (χ0n) is 20.3. The lowest BCUT2D eigenvalue weighted by Crippen LogP contribution is -2.01. The third-order valence-electron chi connectivity index (χ3n) is 6.17. The van der Waals surface area contributed by atoms with E-state index in [0.29, 0.717) is 6.01 Å². The molecule has 33 heavy (non-hydrogen) atoms. The van der Waals surface area contributed by atoms with Crippen LogP contribution in [0.25, 0.3) is 5.69 Å². The fraction of sp³-hybridized carbons (Fsp3) is 0.536. The number of ether oxygens (including phenoxy) is 1. The molecule has 0 atom stereocenters. The molecular weight excluding hydrogens is 408 g/mol. The minimum Gasteiger partial charge on any atom is -0.423 e. The van der Waals surface area contributed by atoms with Gasteiger partial charge in [-0.15, -0.1) is 0 Å². The number of tetrazole rings is 1. The monoisotopic (exact) mass is 448 g/mol. The number of unbranched alkanes of at least 4 members (excludes halogenated alkanes) is 12. The topological polar surface area (TPSA) is 52.8 Å². The second-order valence-electron chi connectivity index (χ2n) is 8.91. The highest BCUT2D eigenvalue weighted by molar-refractivity contribution is 5.37. The molecule has 0 fully saturated rings. The van der Waals surface area contributed by atoms with Crippen LogP contribution in [0.5, 0.6) is 11.8 Å². The standard InChI is InChI=1S/C28H40N4O/c1-2-3-4-5-6-7-8-9-10-11-12-13-15-20-25-21-18-19-24-27(25)33-28-29-30-31-32(28)26-22-16-14-17-23-26/h14,16-19,21-24H,2-13,15,20H2,1H3. The van der Waals surface area contributed by atoms with Crippen molar-refractivity contribution in [3.8, 4) is 17.4 Å². The van der Waals surface area contributed by atoms with Crippen LogP contribution >= 0.6 is 0 Å². The van der Waals surface area contributed by atoms with E-state index >= 15 is 0 Å². The average molecular weight is 449 g/mol. The molecule has 0 saturated heterocycles. The maximum Gasteiger partial charge on any atom is 0.345 e. The quantitative estimate of drug-likeness (QED) is 0.196. The highest BCUT2D eigenvalue weighted by atomic mass is 16.5. The summed E-state index contributed by atoms with van der Waals surface area (Å²) in [6.45, 7) is 2.28. The van der Waals surface area contributed by atoms with Gasteiger partial charge in [0.25, 0.3) is 0 Å². The summed E-state index contributed by atoms with van der Waals surface area (Å²) < 4.78 is 7.75. The fourth-order valence-electron chi connectivity index (χ4n) is 4.22. The predicted octanol–water partition coefficient (Wildman–Crippen LogP) is 8.09. The first-order valence-electron chi connectivity index (χ1n) is 13.0. The number of benzene rings is 2. The van der Waals surface area contributed by atoms with Crippen LogP contribution in [-0.2, 0) is 6.42 Å². The van der Waals surface area contributed by atoms with Crippen molar-refractivity contribution in [2.75, 3.05) is 0 Å². The normalized spacial score (nSPS) is 11.1. The van der Waals surface area contributed by atoms with Crippen LogP contribution < -0.4 is 4.74 Å². The van der Waals surface area contributed by atoms with Crippen LogP contribution in [0.4, 0.5) is 0 Å². The number of para-hydroxylation sites is 2. The van der Waals surface area contributed by atoms with Crippen LogP contribution in [0, 0.1) is 0 Å². The summed E-state index contributed by atoms with van der Waals surface area (Å²) in [5, 5.41) is 12.0. The zero-order valence-corrected chi connectivity index (χ0v) is 20.3. The predicted molar refractivity (Wildman–Crippen MR) is 135 cm³/mol. The molecule has 0 unspecified atom stereocenters. The first-order chi connectivity index (χ1) is 16.4. The van der Waals surface area contributed by atoms with Gasteiger partial charge in [-0.25, -0.2) is 0 Å². The Morgan fingerprint density at radius 2 is 1.24 bits per heavy atom. The van der Waals surface area contributed by atoms with Crippen molar-refractivity contribution in [3.05, 3.63) is 60.2 Å². The molecule has 0 bridgehead atoms. The molecule has 0 amide bonds. The Morgan fingerprint density at radius 3 is 1.91 bits per heavy atom. The molecule has 5 nitrogen and oxygen atoms in total. The molecule has 1 heterocycles. The summed E-state index contributed by atoms with van der Waals surface area (Å²) in [4.78, 5) is 0. The SMILES string of the molecule is CCCCCCCCCCCCCCCc1ccccc1Oc1nnnn1-c1ccccc1. The van der Waals surface area contributed by atoms with Gasteiger partial charge in [0, 0.05) is 0 Å². The molecule has 0 aliphatic carbocycles. The third kappa shape index (κ3) is 8.99. The Balaban J connectivity index is 1.34. The summed E-state index contributed by atoms with van der Waals surface area (Å²) in [6.07, 6.45) is 18.8. The third-order valence-corrected chi connectivity index (χ3v) is 6.17. The van der Waals surface area contributed by atoms with Gasteiger partial charge in [-0.2, -0.15) is 4.68 Å². The van der Waals surface area contributed by atoms with Crippen molar-refractivity contribution < 1.29 is 4.74 Å². The largest absolute Gasteiger partial charge is 0.423 e. The molecule has 3 aromatic rings. The van der Waals surface area contributed by atoms with Crippen molar-refractivity contribution >= 4 is 0 Å². The minimum atomic E-state index is 0.388. The van der Waals surface area contributed by atoms with Crippen molar-refractivity contribution in [1.29, 1.82) is 0 Å². The Bertz CT molecular complexity index is 894. The number of hydrogen-bond acceptors (Lipinski definition) is 4. The van der Waals surface area contributed by atoms with Gasteiger partial charge >= 0.3 is 6.01 Å². The smallest absolute Gasteiger partial charge is 0.345 e. The summed E-state index contributed by atoms with van der Waals surface area (Å²) in [6, 6.07) is 18.4. The number of hydrogen-bond donors (Lipinski definition) is 0. The van der Waals surface area contributed by atoms with Crippen LogP contribution in [0.1, 0.15) is 96.0 Å². The van der Waals surface area contributed by atoms with Gasteiger partial charge in [-0.3, -0.25) is 0 Å². The second kappa shape index (κ2) is 15.2. The van der Waals surface area contributed by atoms with Gasteiger partial charge in [0.2, 0.25) is 0 Å². The summed E-state index contributed by atoms with van der Waals surface area (Å²) >= 11 is 0. The van der Waals surface area contributed by atoms with Gasteiger partial charge in [0.05, 0.1) is 5.69 Å². The number of nitrogens with zero attached hydrogens (tertiary/aromatic N) is 4. The van der Waals surface area contributed by atoms with Crippen molar-refractivity contribution in [2.24, 2.45) is 0 Å². The summed E-state index contributed by atoms with van der Waals surface area (Å²) in [5.74, 6) is 0.836. The lowest BCUT2D eigenvalue weighted by Gasteiger charge is -2.10. The van der Waals surface area contributed by atoms with E-state index in [4.69, 9.17) is 4.74 Å². The maximum absolute atomic E-state index is 6.13. The molecule has 0 N–H and O–H groups in total. The van der Waals surface area contributed by atoms with Crippen molar-refractivity contribution in [3.63, 3.8) is 0 Å². The Kier molecular flexibility index (Phi) is 11.5. The Labute approximate surface area is 199 Å². The number of aromatic nitrogens is 4. The Morgan fingerprint density at radius 1 is 0.667 bits per heavy atom. The van der Waals surface area contributed by atoms with Crippen molar-refractivity contribution in [2.45, 2.75) is 96.8 Å². The van der Waals surface area contributed by atoms with E-state index in [1.807, 2.05) is 42.5 Å². The lowest BCUT2D eigenvalue weighted by atomic mass is 10.0. The van der Waals surface area contributed by atoms with Crippen LogP contribution in [-0.4, -0.2) is 20.2 Å². The molecule has 2 aromatic carbocycles. The first-order valence-corrected chi connectivity index (χ1v) is 13.0. The van der Waals surface area contributed by atoms with Crippen LogP contribution in [0.15, 0.2) is 54.6 Å².